The summed E-state index contributed by atoms with van der Waals surface area (Å²) in [6, 6.07) is 6.42. The number of rotatable bonds is 7. The van der Waals surface area contributed by atoms with Gasteiger partial charge in [0.15, 0.2) is 16.9 Å². The van der Waals surface area contributed by atoms with Crippen LogP contribution in [-0.2, 0) is 0 Å². The maximum absolute atomic E-state index is 13.7. The molecule has 0 aliphatic carbocycles. The van der Waals surface area contributed by atoms with Crippen LogP contribution in [0.2, 0.25) is 0 Å². The molecule has 4 rings (SSSR count). The van der Waals surface area contributed by atoms with Gasteiger partial charge < -0.3 is 28.6 Å². The standard InChI is InChI=1S/C25H27NO7/c1-13-9-14(2)22-16(10-13)21(28)19-20(26(7-6-8-27)25(29)24(19)33-22)15-11-17(30-3)23(32-5)18(12-15)31-4/h9-12,20,27H,6-8H2,1-5H3/t20-/m0/s1. The minimum Gasteiger partial charge on any atom is -0.493 e. The second-order valence-corrected chi connectivity index (χ2v) is 8.07. The lowest BCUT2D eigenvalue weighted by atomic mass is 9.96. The van der Waals surface area contributed by atoms with Crippen molar-refractivity contribution in [2.24, 2.45) is 0 Å². The van der Waals surface area contributed by atoms with Crippen molar-refractivity contribution in [3.8, 4) is 17.2 Å². The highest BCUT2D eigenvalue weighted by Gasteiger charge is 2.43. The van der Waals surface area contributed by atoms with Crippen LogP contribution in [0, 0.1) is 13.8 Å². The van der Waals surface area contributed by atoms with Crippen LogP contribution in [0.1, 0.15) is 45.3 Å². The van der Waals surface area contributed by atoms with E-state index in [2.05, 4.69) is 0 Å². The molecular weight excluding hydrogens is 426 g/mol. The van der Waals surface area contributed by atoms with Gasteiger partial charge in [-0.25, -0.2) is 0 Å². The number of amides is 1. The summed E-state index contributed by atoms with van der Waals surface area (Å²) in [6.45, 7) is 3.91. The lowest BCUT2D eigenvalue weighted by Gasteiger charge is -2.26. The minimum atomic E-state index is -0.728. The lowest BCUT2D eigenvalue weighted by molar-refractivity contribution is 0.0716. The number of benzene rings is 2. The van der Waals surface area contributed by atoms with Gasteiger partial charge in [0.1, 0.15) is 5.58 Å². The number of ether oxygens (including phenoxy) is 3. The SMILES string of the molecule is COc1cc([C@H]2c3c(oc4c(C)cc(C)cc4c3=O)C(=O)N2CCCO)cc(OC)c1OC. The van der Waals surface area contributed by atoms with Gasteiger partial charge in [0.2, 0.25) is 11.5 Å². The fourth-order valence-electron chi connectivity index (χ4n) is 4.55. The predicted octanol–water partition coefficient (Wildman–Crippen LogP) is 3.36. The number of hydrogen-bond acceptors (Lipinski definition) is 7. The normalized spacial score (nSPS) is 15.2. The lowest BCUT2D eigenvalue weighted by Crippen LogP contribution is -2.31. The van der Waals surface area contributed by atoms with Crippen LogP contribution < -0.4 is 19.6 Å². The van der Waals surface area contributed by atoms with Gasteiger partial charge in [-0.2, -0.15) is 0 Å². The molecule has 2 heterocycles. The molecule has 0 fully saturated rings. The summed E-state index contributed by atoms with van der Waals surface area (Å²) >= 11 is 0. The Bertz CT molecular complexity index is 1270. The number of nitrogens with zero attached hydrogens (tertiary/aromatic N) is 1. The van der Waals surface area contributed by atoms with Crippen molar-refractivity contribution >= 4 is 16.9 Å². The molecule has 1 N–H and O–H groups in total. The first-order valence-electron chi connectivity index (χ1n) is 10.7. The van der Waals surface area contributed by atoms with E-state index in [0.717, 1.165) is 11.1 Å². The smallest absolute Gasteiger partial charge is 0.290 e. The highest BCUT2D eigenvalue weighted by molar-refractivity contribution is 5.99. The quantitative estimate of drug-likeness (QED) is 0.586. The molecule has 0 unspecified atom stereocenters. The van der Waals surface area contributed by atoms with Crippen LogP contribution in [0.4, 0.5) is 0 Å². The Morgan fingerprint density at radius 3 is 2.24 bits per heavy atom. The van der Waals surface area contributed by atoms with Gasteiger partial charge in [0.25, 0.3) is 5.91 Å². The number of carbonyl (C=O) groups is 1. The molecule has 1 atom stereocenters. The van der Waals surface area contributed by atoms with Crippen molar-refractivity contribution < 1.29 is 28.5 Å². The van der Waals surface area contributed by atoms with Gasteiger partial charge in [0.05, 0.1) is 38.3 Å². The number of fused-ring (bicyclic) bond motifs is 2. The zero-order valence-corrected chi connectivity index (χ0v) is 19.4. The predicted molar refractivity (Wildman–Crippen MR) is 123 cm³/mol. The third-order valence-corrected chi connectivity index (χ3v) is 5.96. The van der Waals surface area contributed by atoms with E-state index in [-0.39, 0.29) is 29.9 Å². The Hall–Kier alpha value is -3.52. The second kappa shape index (κ2) is 8.78. The summed E-state index contributed by atoms with van der Waals surface area (Å²) in [5, 5.41) is 9.85. The van der Waals surface area contributed by atoms with Crippen molar-refractivity contribution in [1.82, 2.24) is 4.90 Å². The molecule has 8 nitrogen and oxygen atoms in total. The topological polar surface area (TPSA) is 98.4 Å². The largest absolute Gasteiger partial charge is 0.493 e. The number of methoxy groups -OCH3 is 3. The molecule has 1 aliphatic rings. The molecular formula is C25H27NO7. The zero-order valence-electron chi connectivity index (χ0n) is 19.4. The Balaban J connectivity index is 2.03. The molecule has 0 spiro atoms. The monoisotopic (exact) mass is 453 g/mol. The summed E-state index contributed by atoms with van der Waals surface area (Å²) in [5.41, 5.74) is 2.76. The van der Waals surface area contributed by atoms with Crippen molar-refractivity contribution in [2.75, 3.05) is 34.5 Å². The summed E-state index contributed by atoms with van der Waals surface area (Å²) < 4.78 is 22.5. The first kappa shape index (κ1) is 22.7. The fraction of sp³-hybridized carbons (Fsp3) is 0.360. The summed E-state index contributed by atoms with van der Waals surface area (Å²) in [6.07, 6.45) is 0.354. The van der Waals surface area contributed by atoms with E-state index in [0.29, 0.717) is 40.2 Å². The Labute approximate surface area is 191 Å². The van der Waals surface area contributed by atoms with Crippen molar-refractivity contribution in [3.05, 3.63) is 62.5 Å². The van der Waals surface area contributed by atoms with Crippen molar-refractivity contribution in [3.63, 3.8) is 0 Å². The number of carbonyl (C=O) groups excluding carboxylic acids is 1. The molecule has 0 saturated heterocycles. The summed E-state index contributed by atoms with van der Waals surface area (Å²) in [5.74, 6) is 0.859. The summed E-state index contributed by atoms with van der Waals surface area (Å²) in [7, 11) is 4.52. The molecule has 0 bridgehead atoms. The van der Waals surface area contributed by atoms with Crippen molar-refractivity contribution in [1.29, 1.82) is 0 Å². The molecule has 8 heteroatoms. The Kier molecular flexibility index (Phi) is 6.03. The number of aryl methyl sites for hydroxylation is 2. The van der Waals surface area contributed by atoms with E-state index in [1.165, 1.54) is 21.3 Å². The maximum atomic E-state index is 13.7. The van der Waals surface area contributed by atoms with E-state index in [4.69, 9.17) is 18.6 Å². The maximum Gasteiger partial charge on any atom is 0.290 e. The highest BCUT2D eigenvalue weighted by Crippen LogP contribution is 2.45. The number of aliphatic hydroxyl groups is 1. The van der Waals surface area contributed by atoms with Gasteiger partial charge in [0, 0.05) is 13.2 Å². The molecule has 3 aromatic rings. The Morgan fingerprint density at radius 1 is 1.00 bits per heavy atom. The third kappa shape index (κ3) is 3.60. The molecule has 33 heavy (non-hydrogen) atoms. The van der Waals surface area contributed by atoms with E-state index < -0.39 is 11.9 Å². The van der Waals surface area contributed by atoms with Crippen molar-refractivity contribution in [2.45, 2.75) is 26.3 Å². The molecule has 1 amide bonds. The van der Waals surface area contributed by atoms with Crippen LogP contribution in [0.15, 0.2) is 33.5 Å². The average Bonchev–Trinajstić information content (AvgIpc) is 3.09. The van der Waals surface area contributed by atoms with Crippen LogP contribution in [-0.4, -0.2) is 50.4 Å². The Morgan fingerprint density at radius 2 is 1.67 bits per heavy atom. The van der Waals surface area contributed by atoms with Gasteiger partial charge in [-0.15, -0.1) is 0 Å². The highest BCUT2D eigenvalue weighted by atomic mass is 16.5. The van der Waals surface area contributed by atoms with Gasteiger partial charge in [-0.3, -0.25) is 9.59 Å². The average molecular weight is 453 g/mol. The van der Waals surface area contributed by atoms with Crippen LogP contribution in [0.5, 0.6) is 17.2 Å². The molecule has 1 aliphatic heterocycles. The van der Waals surface area contributed by atoms with Crippen LogP contribution in [0.25, 0.3) is 11.0 Å². The zero-order chi connectivity index (χ0) is 23.9. The third-order valence-electron chi connectivity index (χ3n) is 5.96. The van der Waals surface area contributed by atoms with Gasteiger partial charge >= 0.3 is 0 Å². The molecule has 1 aromatic heterocycles. The van der Waals surface area contributed by atoms with E-state index in [1.54, 1.807) is 23.1 Å². The minimum absolute atomic E-state index is 0.0242. The first-order chi connectivity index (χ1) is 15.9. The van der Waals surface area contributed by atoms with Gasteiger partial charge in [-0.1, -0.05) is 6.07 Å². The molecule has 0 radical (unpaired) electrons. The van der Waals surface area contributed by atoms with E-state index in [1.807, 2.05) is 19.9 Å². The van der Waals surface area contributed by atoms with Gasteiger partial charge in [-0.05, 0) is 55.2 Å². The summed E-state index contributed by atoms with van der Waals surface area (Å²) in [4.78, 5) is 28.7. The molecule has 174 valence electrons. The van der Waals surface area contributed by atoms with Crippen LogP contribution in [0.3, 0.4) is 0 Å². The fourth-order valence-corrected chi connectivity index (χ4v) is 4.55. The first-order valence-corrected chi connectivity index (χ1v) is 10.7. The number of hydrogen-bond donors (Lipinski definition) is 1. The van der Waals surface area contributed by atoms with E-state index >= 15 is 0 Å². The molecule has 0 saturated carbocycles. The van der Waals surface area contributed by atoms with Crippen LogP contribution >= 0.6 is 0 Å². The van der Waals surface area contributed by atoms with E-state index in [9.17, 15) is 14.7 Å². The molecule has 2 aromatic carbocycles. The second-order valence-electron chi connectivity index (χ2n) is 8.07. The number of aliphatic hydroxyl groups excluding tert-OH is 1.